The van der Waals surface area contributed by atoms with E-state index >= 15 is 0 Å². The lowest BCUT2D eigenvalue weighted by molar-refractivity contribution is -0.143. The number of benzene rings is 1. The van der Waals surface area contributed by atoms with Gasteiger partial charge in [0.1, 0.15) is 24.9 Å². The summed E-state index contributed by atoms with van der Waals surface area (Å²) in [4.78, 5) is 0. The molecule has 0 fully saturated rings. The molecule has 25 heavy (non-hydrogen) atoms. The fraction of sp³-hybridized carbons (Fsp3) is 0.333. The zero-order valence-corrected chi connectivity index (χ0v) is 12.3. The molecule has 1 aromatic carbocycles. The second kappa shape index (κ2) is 7.06. The monoisotopic (exact) mass is 363 g/mol. The van der Waals surface area contributed by atoms with Gasteiger partial charge in [0.05, 0.1) is 14.0 Å². The average molecular weight is 363 g/mol. The summed E-state index contributed by atoms with van der Waals surface area (Å²) in [7, 11) is 0. The van der Waals surface area contributed by atoms with Gasteiger partial charge in [0.25, 0.3) is 0 Å². The predicted molar refractivity (Wildman–Crippen MR) is 74.6 cm³/mol. The minimum atomic E-state index is -4.70. The molecule has 0 bridgehead atoms. The van der Waals surface area contributed by atoms with Gasteiger partial charge in [0, 0.05) is 6.20 Å². The van der Waals surface area contributed by atoms with Gasteiger partial charge >= 0.3 is 12.1 Å². The van der Waals surface area contributed by atoms with Gasteiger partial charge in [0.15, 0.2) is 0 Å². The van der Waals surface area contributed by atoms with Crippen LogP contribution in [0, 0.1) is 11.3 Å². The van der Waals surface area contributed by atoms with Crippen molar-refractivity contribution in [1.82, 2.24) is 9.78 Å². The Morgan fingerprint density at radius 2 is 1.96 bits per heavy atom. The fourth-order valence-corrected chi connectivity index (χ4v) is 1.88. The Morgan fingerprint density at radius 1 is 1.28 bits per heavy atom. The van der Waals surface area contributed by atoms with E-state index < -0.39 is 48.3 Å². The van der Waals surface area contributed by atoms with Crippen molar-refractivity contribution in [3.63, 3.8) is 0 Å². The van der Waals surface area contributed by atoms with Crippen molar-refractivity contribution in [1.29, 1.82) is 5.26 Å². The Balaban J connectivity index is 2.41. The first kappa shape index (κ1) is 15.8. The van der Waals surface area contributed by atoms with Gasteiger partial charge in [-0.3, -0.25) is 4.68 Å². The Bertz CT molecular complexity index is 848. The molecule has 1 atom stereocenters. The van der Waals surface area contributed by atoms with Gasteiger partial charge in [-0.2, -0.15) is 32.3 Å². The van der Waals surface area contributed by atoms with Gasteiger partial charge in [0.2, 0.25) is 6.10 Å². The molecule has 2 aromatic rings. The number of ether oxygens (including phenoxy) is 1. The van der Waals surface area contributed by atoms with E-state index in [1.165, 1.54) is 6.07 Å². The lowest BCUT2D eigenvalue weighted by atomic mass is 10.0. The molecule has 0 saturated heterocycles. The lowest BCUT2D eigenvalue weighted by Gasteiger charge is -2.21. The largest absolute Gasteiger partial charge is 0.487 e. The van der Waals surface area contributed by atoms with Crippen molar-refractivity contribution in [2.24, 2.45) is 0 Å². The molecule has 5 nitrogen and oxygen atoms in total. The minimum absolute atomic E-state index is 0.297. The Hall–Kier alpha value is -2.67. The number of alkyl halides is 5. The maximum absolute atomic E-state index is 14.2. The van der Waals surface area contributed by atoms with Crippen LogP contribution in [0.5, 0.6) is 5.75 Å². The summed E-state index contributed by atoms with van der Waals surface area (Å²) in [6.07, 6.45) is -6.52. The number of hydrogen-bond acceptors (Lipinski definition) is 4. The molecular formula is C15H12F5N3O2. The van der Waals surface area contributed by atoms with E-state index in [9.17, 15) is 27.1 Å². The molecule has 0 radical (unpaired) electrons. The molecule has 1 N–H and O–H groups in total. The number of hydrogen-bond donors (Lipinski definition) is 1. The van der Waals surface area contributed by atoms with Crippen LogP contribution in [-0.4, -0.2) is 27.2 Å². The highest BCUT2D eigenvalue weighted by Crippen LogP contribution is 2.37. The summed E-state index contributed by atoms with van der Waals surface area (Å²) in [5.41, 5.74) is -1.65. The third-order valence-corrected chi connectivity index (χ3v) is 3.02. The minimum Gasteiger partial charge on any atom is -0.487 e. The lowest BCUT2D eigenvalue weighted by Crippen LogP contribution is -2.30. The number of nitrogens with zero attached hydrogens (tertiary/aromatic N) is 3. The van der Waals surface area contributed by atoms with Crippen molar-refractivity contribution in [3.05, 3.63) is 47.8 Å². The van der Waals surface area contributed by atoms with Crippen LogP contribution in [0.25, 0.3) is 0 Å². The SMILES string of the molecule is [2H]C([2H])(Oc1ccccc1C(F)(F)C(O)C#N)c1ccnn1CC(F)(F)F. The van der Waals surface area contributed by atoms with Crippen LogP contribution >= 0.6 is 0 Å². The molecule has 0 amide bonds. The third kappa shape index (κ3) is 4.45. The molecule has 0 saturated carbocycles. The zero-order chi connectivity index (χ0) is 20.5. The van der Waals surface area contributed by atoms with Crippen LogP contribution in [0.3, 0.4) is 0 Å². The van der Waals surface area contributed by atoms with Crippen LogP contribution in [0.1, 0.15) is 14.0 Å². The van der Waals surface area contributed by atoms with E-state index in [0.29, 0.717) is 4.68 Å². The first-order valence-corrected chi connectivity index (χ1v) is 6.71. The van der Waals surface area contributed by atoms with Crippen LogP contribution < -0.4 is 4.74 Å². The van der Waals surface area contributed by atoms with Gasteiger partial charge in [-0.05, 0) is 18.2 Å². The highest BCUT2D eigenvalue weighted by molar-refractivity contribution is 5.38. The normalized spacial score (nSPS) is 15.1. The number of aliphatic hydroxyl groups is 1. The van der Waals surface area contributed by atoms with E-state index in [4.69, 9.17) is 12.7 Å². The molecule has 0 aliphatic heterocycles. The summed E-state index contributed by atoms with van der Waals surface area (Å²) < 4.78 is 87.1. The van der Waals surface area contributed by atoms with Gasteiger partial charge in [-0.1, -0.05) is 12.1 Å². The summed E-state index contributed by atoms with van der Waals surface area (Å²) in [6, 6.07) is 5.99. The van der Waals surface area contributed by atoms with Crippen LogP contribution in [0.4, 0.5) is 22.0 Å². The third-order valence-electron chi connectivity index (χ3n) is 3.02. The molecule has 0 aliphatic carbocycles. The Labute approximate surface area is 141 Å². The zero-order valence-electron chi connectivity index (χ0n) is 14.3. The molecule has 2 rings (SSSR count). The topological polar surface area (TPSA) is 71.1 Å². The second-order valence-corrected chi connectivity index (χ2v) is 4.84. The number of aliphatic hydroxyl groups excluding tert-OH is 1. The van der Waals surface area contributed by atoms with E-state index in [0.717, 1.165) is 36.5 Å². The quantitative estimate of drug-likeness (QED) is 0.633. The van der Waals surface area contributed by atoms with Crippen molar-refractivity contribution >= 4 is 0 Å². The van der Waals surface area contributed by atoms with Crippen LogP contribution in [-0.2, 0) is 19.0 Å². The molecule has 1 heterocycles. The first-order valence-electron chi connectivity index (χ1n) is 7.71. The van der Waals surface area contributed by atoms with E-state index in [-0.39, 0.29) is 0 Å². The molecule has 134 valence electrons. The van der Waals surface area contributed by atoms with Gasteiger partial charge in [-0.25, -0.2) is 0 Å². The van der Waals surface area contributed by atoms with Crippen molar-refractivity contribution < 1.29 is 34.5 Å². The summed E-state index contributed by atoms with van der Waals surface area (Å²) in [5.74, 6) is -4.85. The smallest absolute Gasteiger partial charge is 0.408 e. The highest BCUT2D eigenvalue weighted by Gasteiger charge is 2.43. The Kier molecular flexibility index (Phi) is 4.47. The number of nitriles is 1. The second-order valence-electron chi connectivity index (χ2n) is 4.84. The number of rotatable bonds is 6. The van der Waals surface area contributed by atoms with Crippen molar-refractivity contribution in [2.45, 2.75) is 31.3 Å². The van der Waals surface area contributed by atoms with E-state index in [2.05, 4.69) is 5.10 Å². The Morgan fingerprint density at radius 3 is 2.60 bits per heavy atom. The summed E-state index contributed by atoms with van der Waals surface area (Å²) >= 11 is 0. The number of aromatic nitrogens is 2. The predicted octanol–water partition coefficient (Wildman–Crippen LogP) is 3.00. The molecular weight excluding hydrogens is 349 g/mol. The van der Waals surface area contributed by atoms with Crippen molar-refractivity contribution in [3.8, 4) is 11.8 Å². The number of halogens is 5. The van der Waals surface area contributed by atoms with Crippen molar-refractivity contribution in [2.75, 3.05) is 0 Å². The molecule has 0 spiro atoms. The first-order chi connectivity index (χ1) is 12.4. The standard InChI is InChI=1S/C15H12F5N3O2/c16-14(17,18)9-23-10(5-6-22-23)8-25-12-4-2-1-3-11(12)15(19,20)13(24)7-21/h1-6,13,24H,8-9H2/i8D2. The molecule has 1 unspecified atom stereocenters. The van der Waals surface area contributed by atoms with E-state index in [1.807, 2.05) is 0 Å². The number of para-hydroxylation sites is 1. The molecule has 0 aliphatic rings. The molecule has 1 aromatic heterocycles. The van der Waals surface area contributed by atoms with Gasteiger partial charge < -0.3 is 9.84 Å². The fourth-order valence-electron chi connectivity index (χ4n) is 1.88. The molecule has 10 heteroatoms. The van der Waals surface area contributed by atoms with Crippen LogP contribution in [0.2, 0.25) is 0 Å². The summed E-state index contributed by atoms with van der Waals surface area (Å²) in [6.45, 7) is -4.57. The van der Waals surface area contributed by atoms with Crippen LogP contribution in [0.15, 0.2) is 36.5 Å². The maximum atomic E-state index is 14.2. The maximum Gasteiger partial charge on any atom is 0.408 e. The summed E-state index contributed by atoms with van der Waals surface area (Å²) in [5, 5.41) is 21.1. The van der Waals surface area contributed by atoms with E-state index in [1.54, 1.807) is 0 Å². The average Bonchev–Trinajstić information content (AvgIpc) is 3.01. The highest BCUT2D eigenvalue weighted by atomic mass is 19.4. The van der Waals surface area contributed by atoms with Gasteiger partial charge in [-0.15, -0.1) is 0 Å².